The molecule has 0 saturated carbocycles. The van der Waals surface area contributed by atoms with Gasteiger partial charge < -0.3 is 24.8 Å². The van der Waals surface area contributed by atoms with Crippen molar-refractivity contribution < 1.29 is 33.4 Å². The lowest BCUT2D eigenvalue weighted by atomic mass is 9.83. The lowest BCUT2D eigenvalue weighted by Gasteiger charge is -2.20. The molecule has 2 aromatic heterocycles. The van der Waals surface area contributed by atoms with Gasteiger partial charge in [-0.2, -0.15) is 0 Å². The highest BCUT2D eigenvalue weighted by Gasteiger charge is 2.48. The van der Waals surface area contributed by atoms with Gasteiger partial charge >= 0.3 is 11.9 Å². The predicted molar refractivity (Wildman–Crippen MR) is 176 cm³/mol. The molecule has 0 unspecified atom stereocenters. The number of nitrogens with zero attached hydrogens (tertiary/aromatic N) is 1. The molecule has 3 N–H and O–H groups in total. The highest BCUT2D eigenvalue weighted by molar-refractivity contribution is 6.24. The van der Waals surface area contributed by atoms with Crippen molar-refractivity contribution >= 4 is 41.2 Å². The fourth-order valence-corrected chi connectivity index (χ4v) is 7.10. The summed E-state index contributed by atoms with van der Waals surface area (Å²) in [4.78, 5) is 75.5. The van der Waals surface area contributed by atoms with E-state index in [1.54, 1.807) is 6.08 Å². The standard InChI is InChI=1S/C36H40N4O7/c1-9-20-16(3)27(15-41)37-26(20)14-25-19(6)29-33(39-25)30(31(34(29)43)36(45)47-8)32-22(11-12-28(42)46-7)18(5)23(38-32)13-24-17(4)21(10-2)35(44)40-24/h10,13,15,18,22,31,37,39H,2,9,11-12,14H2,1,3-8H3,(H,40,44)/b24-13-,32-30-/t18-,22-,31+/m0/s1. The van der Waals surface area contributed by atoms with E-state index in [9.17, 15) is 24.0 Å². The summed E-state index contributed by atoms with van der Waals surface area (Å²) in [5.41, 5.74) is 9.03. The molecular formula is C36H40N4O7. The molecule has 11 heteroatoms. The Morgan fingerprint density at radius 3 is 2.36 bits per heavy atom. The molecule has 2 aromatic rings. The van der Waals surface area contributed by atoms with Gasteiger partial charge in [0.2, 0.25) is 0 Å². The van der Waals surface area contributed by atoms with E-state index < -0.39 is 11.9 Å². The van der Waals surface area contributed by atoms with Gasteiger partial charge in [-0.25, -0.2) is 0 Å². The van der Waals surface area contributed by atoms with E-state index in [4.69, 9.17) is 14.5 Å². The molecule has 246 valence electrons. The van der Waals surface area contributed by atoms with Gasteiger partial charge in [-0.1, -0.05) is 26.5 Å². The van der Waals surface area contributed by atoms with E-state index in [1.807, 2.05) is 34.6 Å². The number of aromatic nitrogens is 2. The summed E-state index contributed by atoms with van der Waals surface area (Å²) in [5, 5.41) is 2.87. The predicted octanol–water partition coefficient (Wildman–Crippen LogP) is 4.80. The summed E-state index contributed by atoms with van der Waals surface area (Å²) in [6.45, 7) is 13.3. The average Bonchev–Trinajstić information content (AvgIpc) is 3.79. The van der Waals surface area contributed by atoms with Gasteiger partial charge in [-0.15, -0.1) is 0 Å². The smallest absolute Gasteiger partial charge is 0.321 e. The quantitative estimate of drug-likeness (QED) is 0.191. The molecule has 3 aliphatic rings. The van der Waals surface area contributed by atoms with E-state index in [0.717, 1.165) is 40.8 Å². The summed E-state index contributed by atoms with van der Waals surface area (Å²) < 4.78 is 10.1. The van der Waals surface area contributed by atoms with Crippen molar-refractivity contribution in [3.8, 4) is 0 Å². The topological polar surface area (TPSA) is 160 Å². The van der Waals surface area contributed by atoms with Gasteiger partial charge in [0.1, 0.15) is 5.92 Å². The van der Waals surface area contributed by atoms with Gasteiger partial charge in [-0.3, -0.25) is 29.0 Å². The molecule has 0 saturated heterocycles. The number of ketones is 1. The number of ether oxygens (including phenoxy) is 2. The fourth-order valence-electron chi connectivity index (χ4n) is 7.10. The van der Waals surface area contributed by atoms with E-state index >= 15 is 0 Å². The average molecular weight is 641 g/mol. The van der Waals surface area contributed by atoms with E-state index in [2.05, 4.69) is 21.9 Å². The van der Waals surface area contributed by atoms with Crippen LogP contribution in [0.15, 0.2) is 46.3 Å². The van der Waals surface area contributed by atoms with Crippen molar-refractivity contribution in [2.75, 3.05) is 14.2 Å². The summed E-state index contributed by atoms with van der Waals surface area (Å²) in [5.74, 6) is -3.58. The zero-order chi connectivity index (χ0) is 34.3. The number of rotatable bonds is 10. The second-order valence-corrected chi connectivity index (χ2v) is 12.2. The van der Waals surface area contributed by atoms with Gasteiger partial charge in [0.15, 0.2) is 12.1 Å². The van der Waals surface area contributed by atoms with Crippen molar-refractivity contribution in [1.82, 2.24) is 15.3 Å². The van der Waals surface area contributed by atoms with Crippen LogP contribution in [-0.2, 0) is 36.7 Å². The van der Waals surface area contributed by atoms with Crippen LogP contribution in [0.3, 0.4) is 0 Å². The minimum Gasteiger partial charge on any atom is -0.469 e. The Hall–Kier alpha value is -5.06. The Balaban J connectivity index is 1.70. The number of hydrogen-bond donors (Lipinski definition) is 3. The van der Waals surface area contributed by atoms with Crippen molar-refractivity contribution in [2.24, 2.45) is 22.7 Å². The summed E-state index contributed by atoms with van der Waals surface area (Å²) in [7, 11) is 2.57. The van der Waals surface area contributed by atoms with E-state index in [0.29, 0.717) is 63.6 Å². The number of carbonyl (C=O) groups excluding carboxylic acids is 5. The lowest BCUT2D eigenvalue weighted by molar-refractivity contribution is -0.142. The molecule has 47 heavy (non-hydrogen) atoms. The number of amides is 1. The SMILES string of the molecule is C=CC1=C(C)/C(=C/C2=NC(=C3\c4[nH]c(Cc5[nH]c(C=O)c(C)c5CC)c(C)c4C(=O)[C@@H]3C(=O)OC)/[C@@H](CCC(=O)OC)[C@@H]2C)NC1=O. The molecule has 11 nitrogen and oxygen atoms in total. The number of carbonyl (C=O) groups is 5. The third-order valence-electron chi connectivity index (χ3n) is 9.82. The first-order valence-corrected chi connectivity index (χ1v) is 15.7. The largest absolute Gasteiger partial charge is 0.469 e. The number of methoxy groups -OCH3 is 2. The third kappa shape index (κ3) is 5.53. The number of H-pyrrole nitrogens is 2. The minimum absolute atomic E-state index is 0.0989. The molecule has 1 amide bonds. The van der Waals surface area contributed by atoms with Crippen molar-refractivity contribution in [3.05, 3.63) is 86.3 Å². The molecule has 0 spiro atoms. The van der Waals surface area contributed by atoms with Crippen LogP contribution >= 0.6 is 0 Å². The summed E-state index contributed by atoms with van der Waals surface area (Å²) in [6, 6.07) is 0. The van der Waals surface area contributed by atoms with Gasteiger partial charge in [0.25, 0.3) is 5.91 Å². The Bertz CT molecular complexity index is 1860. The zero-order valence-corrected chi connectivity index (χ0v) is 27.8. The number of hydrogen-bond acceptors (Lipinski definition) is 8. The molecule has 3 atom stereocenters. The van der Waals surface area contributed by atoms with Gasteiger partial charge in [-0.05, 0) is 62.0 Å². The molecule has 4 heterocycles. The molecule has 0 fully saturated rings. The number of aliphatic imine (C=N–C) groups is 1. The first kappa shape index (κ1) is 33.3. The first-order chi connectivity index (χ1) is 22.4. The first-order valence-electron chi connectivity index (χ1n) is 15.7. The maximum Gasteiger partial charge on any atom is 0.321 e. The Kier molecular flexibility index (Phi) is 9.20. The van der Waals surface area contributed by atoms with Gasteiger partial charge in [0.05, 0.1) is 31.3 Å². The van der Waals surface area contributed by atoms with Crippen LogP contribution in [0.25, 0.3) is 5.57 Å². The van der Waals surface area contributed by atoms with Crippen LogP contribution < -0.4 is 5.32 Å². The molecular weight excluding hydrogens is 600 g/mol. The van der Waals surface area contributed by atoms with Crippen LogP contribution in [0.2, 0.25) is 0 Å². The normalized spacial score (nSPS) is 22.9. The van der Waals surface area contributed by atoms with Crippen LogP contribution in [0.1, 0.15) is 88.2 Å². The number of aldehydes is 1. The maximum atomic E-state index is 14.1. The highest BCUT2D eigenvalue weighted by Crippen LogP contribution is 2.48. The molecule has 2 aliphatic heterocycles. The van der Waals surface area contributed by atoms with Crippen molar-refractivity contribution in [3.63, 3.8) is 0 Å². The number of nitrogens with one attached hydrogen (secondary N) is 3. The maximum absolute atomic E-state index is 14.1. The number of allylic oxidation sites excluding steroid dienone is 3. The monoisotopic (exact) mass is 640 g/mol. The molecule has 0 aromatic carbocycles. The van der Waals surface area contributed by atoms with E-state index in [1.165, 1.54) is 20.3 Å². The number of esters is 2. The van der Waals surface area contributed by atoms with Crippen LogP contribution in [-0.4, -0.2) is 59.8 Å². The van der Waals surface area contributed by atoms with Gasteiger partial charge in [0, 0.05) is 64.2 Å². The Morgan fingerprint density at radius 1 is 1.04 bits per heavy atom. The minimum atomic E-state index is -1.24. The Morgan fingerprint density at radius 2 is 1.77 bits per heavy atom. The van der Waals surface area contributed by atoms with Crippen LogP contribution in [0, 0.1) is 31.6 Å². The molecule has 0 radical (unpaired) electrons. The summed E-state index contributed by atoms with van der Waals surface area (Å²) >= 11 is 0. The molecule has 0 bridgehead atoms. The van der Waals surface area contributed by atoms with Crippen molar-refractivity contribution in [1.29, 1.82) is 0 Å². The number of aromatic amines is 2. The van der Waals surface area contributed by atoms with Crippen molar-refractivity contribution in [2.45, 2.75) is 60.3 Å². The fraction of sp³-hybridized carbons (Fsp3) is 0.389. The number of Topliss-reactive ketones (excluding diaryl/α,β-unsaturated/α-hetero) is 1. The zero-order valence-electron chi connectivity index (χ0n) is 27.8. The third-order valence-corrected chi connectivity index (χ3v) is 9.82. The van der Waals surface area contributed by atoms with Crippen LogP contribution in [0.4, 0.5) is 0 Å². The molecule has 1 aliphatic carbocycles. The summed E-state index contributed by atoms with van der Waals surface area (Å²) in [6.07, 6.45) is 5.69. The van der Waals surface area contributed by atoms with Crippen LogP contribution in [0.5, 0.6) is 0 Å². The van der Waals surface area contributed by atoms with E-state index in [-0.39, 0.29) is 35.9 Å². The Labute approximate surface area is 273 Å². The lowest BCUT2D eigenvalue weighted by Crippen LogP contribution is -2.24. The highest BCUT2D eigenvalue weighted by atomic mass is 16.5. The second-order valence-electron chi connectivity index (χ2n) is 12.2. The molecule has 5 rings (SSSR count). The number of fused-ring (bicyclic) bond motifs is 1. The second kappa shape index (κ2) is 13.0.